The number of carbonyl (C=O) groups is 1. The Kier molecular flexibility index (Phi) is 4.41. The standard InChI is InChI=1S/C15H20ClN5O2/c1-3-14(22)13-6-11-7-19(4-5-21(11)18-13)15(23)9-20-8-12(16)10(2)17-20/h6,8,14,22H,3-5,7,9H2,1-2H3/t14-/m0/s1. The van der Waals surface area contributed by atoms with Crippen molar-refractivity contribution in [2.24, 2.45) is 0 Å². The number of fused-ring (bicyclic) bond motifs is 1. The highest BCUT2D eigenvalue weighted by atomic mass is 35.5. The van der Waals surface area contributed by atoms with E-state index < -0.39 is 6.10 Å². The maximum Gasteiger partial charge on any atom is 0.244 e. The molecule has 3 rings (SSSR count). The smallest absolute Gasteiger partial charge is 0.244 e. The number of hydrogen-bond acceptors (Lipinski definition) is 4. The number of hydrogen-bond donors (Lipinski definition) is 1. The monoisotopic (exact) mass is 337 g/mol. The van der Waals surface area contributed by atoms with Gasteiger partial charge in [-0.05, 0) is 19.4 Å². The summed E-state index contributed by atoms with van der Waals surface area (Å²) >= 11 is 5.97. The number of aromatic nitrogens is 4. The van der Waals surface area contributed by atoms with Crippen LogP contribution in [-0.4, -0.2) is 42.0 Å². The minimum absolute atomic E-state index is 0.00536. The van der Waals surface area contributed by atoms with Gasteiger partial charge in [-0.1, -0.05) is 18.5 Å². The number of amides is 1. The van der Waals surface area contributed by atoms with Crippen LogP contribution in [0.1, 0.15) is 36.5 Å². The number of halogens is 1. The van der Waals surface area contributed by atoms with Gasteiger partial charge in [0.05, 0.1) is 41.3 Å². The van der Waals surface area contributed by atoms with Gasteiger partial charge in [0.1, 0.15) is 6.54 Å². The van der Waals surface area contributed by atoms with Crippen LogP contribution in [-0.2, 0) is 24.4 Å². The second-order valence-corrected chi connectivity index (χ2v) is 6.19. The number of rotatable bonds is 4. The van der Waals surface area contributed by atoms with Crippen LogP contribution in [0.15, 0.2) is 12.3 Å². The van der Waals surface area contributed by atoms with E-state index in [4.69, 9.17) is 11.6 Å². The first-order valence-corrected chi connectivity index (χ1v) is 8.07. The van der Waals surface area contributed by atoms with Crippen LogP contribution in [0.5, 0.6) is 0 Å². The van der Waals surface area contributed by atoms with Gasteiger partial charge in [0.2, 0.25) is 5.91 Å². The molecule has 2 aromatic rings. The van der Waals surface area contributed by atoms with E-state index in [0.717, 1.165) is 11.4 Å². The molecule has 0 spiro atoms. The molecule has 1 aliphatic heterocycles. The Morgan fingerprint density at radius 1 is 1.43 bits per heavy atom. The Balaban J connectivity index is 1.68. The van der Waals surface area contributed by atoms with Gasteiger partial charge in [0, 0.05) is 12.7 Å². The summed E-state index contributed by atoms with van der Waals surface area (Å²) in [6.45, 7) is 5.63. The van der Waals surface area contributed by atoms with E-state index in [-0.39, 0.29) is 12.5 Å². The fourth-order valence-corrected chi connectivity index (χ4v) is 2.84. The highest BCUT2D eigenvalue weighted by molar-refractivity contribution is 6.31. The summed E-state index contributed by atoms with van der Waals surface area (Å²) in [4.78, 5) is 14.2. The first-order chi connectivity index (χ1) is 11.0. The second kappa shape index (κ2) is 6.33. The molecule has 0 fully saturated rings. The Morgan fingerprint density at radius 3 is 2.87 bits per heavy atom. The molecule has 1 aliphatic rings. The van der Waals surface area contributed by atoms with Crippen molar-refractivity contribution in [3.63, 3.8) is 0 Å². The normalized spacial score (nSPS) is 15.6. The molecule has 23 heavy (non-hydrogen) atoms. The molecular weight excluding hydrogens is 318 g/mol. The molecule has 0 radical (unpaired) electrons. The van der Waals surface area contributed by atoms with Crippen LogP contribution in [0.25, 0.3) is 0 Å². The molecule has 7 nitrogen and oxygen atoms in total. The first kappa shape index (κ1) is 16.0. The molecule has 0 bridgehead atoms. The van der Waals surface area contributed by atoms with Crippen molar-refractivity contribution in [3.05, 3.63) is 34.4 Å². The third kappa shape index (κ3) is 3.25. The van der Waals surface area contributed by atoms with Gasteiger partial charge in [0.15, 0.2) is 0 Å². The fraction of sp³-hybridized carbons (Fsp3) is 0.533. The molecule has 2 aromatic heterocycles. The molecule has 0 saturated carbocycles. The number of aliphatic hydroxyl groups is 1. The van der Waals surface area contributed by atoms with Gasteiger partial charge in [-0.2, -0.15) is 10.2 Å². The van der Waals surface area contributed by atoms with Crippen LogP contribution >= 0.6 is 11.6 Å². The predicted octanol–water partition coefficient (Wildman–Crippen LogP) is 1.53. The Hall–Kier alpha value is -1.86. The maximum absolute atomic E-state index is 12.4. The fourth-order valence-electron chi connectivity index (χ4n) is 2.69. The zero-order chi connectivity index (χ0) is 16.6. The minimum atomic E-state index is -0.550. The lowest BCUT2D eigenvalue weighted by Crippen LogP contribution is -2.40. The minimum Gasteiger partial charge on any atom is -0.387 e. The predicted molar refractivity (Wildman–Crippen MR) is 84.9 cm³/mol. The summed E-state index contributed by atoms with van der Waals surface area (Å²) in [5, 5.41) is 19.1. The summed E-state index contributed by atoms with van der Waals surface area (Å²) in [5.41, 5.74) is 2.34. The van der Waals surface area contributed by atoms with Gasteiger partial charge in [-0.3, -0.25) is 14.2 Å². The molecule has 3 heterocycles. The molecular formula is C15H20ClN5O2. The van der Waals surface area contributed by atoms with E-state index in [9.17, 15) is 9.90 Å². The van der Waals surface area contributed by atoms with E-state index in [1.165, 1.54) is 0 Å². The van der Waals surface area contributed by atoms with E-state index >= 15 is 0 Å². The molecule has 0 saturated heterocycles. The van der Waals surface area contributed by atoms with Gasteiger partial charge in [-0.15, -0.1) is 0 Å². The van der Waals surface area contributed by atoms with E-state index in [1.807, 2.05) is 24.6 Å². The molecule has 0 aromatic carbocycles. The number of nitrogens with zero attached hydrogens (tertiary/aromatic N) is 5. The summed E-state index contributed by atoms with van der Waals surface area (Å²) in [7, 11) is 0. The molecule has 8 heteroatoms. The van der Waals surface area contributed by atoms with Crippen LogP contribution in [0, 0.1) is 6.92 Å². The van der Waals surface area contributed by atoms with E-state index in [2.05, 4.69) is 10.2 Å². The second-order valence-electron chi connectivity index (χ2n) is 5.78. The summed E-state index contributed by atoms with van der Waals surface area (Å²) in [6.07, 6.45) is 1.74. The molecule has 1 atom stereocenters. The zero-order valence-electron chi connectivity index (χ0n) is 13.2. The quantitative estimate of drug-likeness (QED) is 0.918. The van der Waals surface area contributed by atoms with E-state index in [1.54, 1.807) is 15.8 Å². The number of carbonyl (C=O) groups excluding carboxylic acids is 1. The number of aliphatic hydroxyl groups excluding tert-OH is 1. The van der Waals surface area contributed by atoms with Gasteiger partial charge < -0.3 is 10.0 Å². The summed E-state index contributed by atoms with van der Waals surface area (Å²) in [5.74, 6) is -0.00536. The highest BCUT2D eigenvalue weighted by Gasteiger charge is 2.24. The SMILES string of the molecule is CC[C@H](O)c1cc2n(n1)CCN(C(=O)Cn1cc(Cl)c(C)n1)C2. The van der Waals surface area contributed by atoms with Crippen LogP contribution in [0.4, 0.5) is 0 Å². The Morgan fingerprint density at radius 2 is 2.22 bits per heavy atom. The van der Waals surface area contributed by atoms with E-state index in [0.29, 0.717) is 36.8 Å². The van der Waals surface area contributed by atoms with Crippen molar-refractivity contribution in [2.45, 2.75) is 46.0 Å². The maximum atomic E-state index is 12.4. The van der Waals surface area contributed by atoms with Crippen LogP contribution < -0.4 is 0 Å². The Bertz CT molecular complexity index is 704. The number of aryl methyl sites for hydroxylation is 1. The van der Waals surface area contributed by atoms with Gasteiger partial charge in [-0.25, -0.2) is 0 Å². The molecule has 1 N–H and O–H groups in total. The topological polar surface area (TPSA) is 76.2 Å². The lowest BCUT2D eigenvalue weighted by atomic mass is 10.2. The third-order valence-electron chi connectivity index (χ3n) is 4.08. The van der Waals surface area contributed by atoms with Crippen molar-refractivity contribution in [3.8, 4) is 0 Å². The van der Waals surface area contributed by atoms with Crippen molar-refractivity contribution in [1.82, 2.24) is 24.5 Å². The van der Waals surface area contributed by atoms with Crippen LogP contribution in [0.2, 0.25) is 5.02 Å². The zero-order valence-corrected chi connectivity index (χ0v) is 14.0. The molecule has 124 valence electrons. The Labute approximate surface area is 139 Å². The van der Waals surface area contributed by atoms with Gasteiger partial charge >= 0.3 is 0 Å². The lowest BCUT2D eigenvalue weighted by Gasteiger charge is -2.27. The average Bonchev–Trinajstić information content (AvgIpc) is 3.09. The third-order valence-corrected chi connectivity index (χ3v) is 4.45. The van der Waals surface area contributed by atoms with Crippen molar-refractivity contribution < 1.29 is 9.90 Å². The van der Waals surface area contributed by atoms with Crippen molar-refractivity contribution in [2.75, 3.05) is 6.54 Å². The van der Waals surface area contributed by atoms with Crippen LogP contribution in [0.3, 0.4) is 0 Å². The van der Waals surface area contributed by atoms with Crippen molar-refractivity contribution >= 4 is 17.5 Å². The lowest BCUT2D eigenvalue weighted by molar-refractivity contribution is -0.133. The highest BCUT2D eigenvalue weighted by Crippen LogP contribution is 2.20. The molecule has 0 aliphatic carbocycles. The first-order valence-electron chi connectivity index (χ1n) is 7.70. The summed E-state index contributed by atoms with van der Waals surface area (Å²) in [6, 6.07) is 1.88. The molecule has 0 unspecified atom stereocenters. The van der Waals surface area contributed by atoms with Gasteiger partial charge in [0.25, 0.3) is 0 Å². The summed E-state index contributed by atoms with van der Waals surface area (Å²) < 4.78 is 3.44. The molecule has 1 amide bonds. The largest absolute Gasteiger partial charge is 0.387 e. The average molecular weight is 338 g/mol. The van der Waals surface area contributed by atoms with Crippen molar-refractivity contribution in [1.29, 1.82) is 0 Å².